The summed E-state index contributed by atoms with van der Waals surface area (Å²) in [5.74, 6) is -0.581. The van der Waals surface area contributed by atoms with E-state index in [-0.39, 0.29) is 37.7 Å². The van der Waals surface area contributed by atoms with Crippen LogP contribution in [0.5, 0.6) is 0 Å². The lowest BCUT2D eigenvalue weighted by molar-refractivity contribution is -0.141. The van der Waals surface area contributed by atoms with Gasteiger partial charge >= 0.3 is 0 Å². The molecule has 0 aliphatic rings. The number of benzene rings is 2. The molecule has 0 radical (unpaired) electrons. The van der Waals surface area contributed by atoms with E-state index < -0.39 is 16.1 Å². The van der Waals surface area contributed by atoms with Crippen LogP contribution in [0.2, 0.25) is 10.0 Å². The van der Waals surface area contributed by atoms with Gasteiger partial charge in [-0.25, -0.2) is 8.42 Å². The van der Waals surface area contributed by atoms with E-state index >= 15 is 0 Å². The summed E-state index contributed by atoms with van der Waals surface area (Å²) < 4.78 is 26.3. The van der Waals surface area contributed by atoms with E-state index in [0.717, 1.165) is 17.4 Å². The summed E-state index contributed by atoms with van der Waals surface area (Å²) >= 11 is 12.7. The number of amides is 2. The SMILES string of the molecule is CC[C@H](C(=O)NC)N(Cc1c(Cl)cccc1Cl)C(=O)CCCN(c1cc(C)cc(C)c1)S(C)(=O)=O. The van der Waals surface area contributed by atoms with Crippen molar-refractivity contribution >= 4 is 50.7 Å². The van der Waals surface area contributed by atoms with Crippen LogP contribution in [0.3, 0.4) is 0 Å². The quantitative estimate of drug-likeness (QED) is 0.446. The van der Waals surface area contributed by atoms with E-state index in [2.05, 4.69) is 5.32 Å². The average Bonchev–Trinajstić information content (AvgIpc) is 2.76. The van der Waals surface area contributed by atoms with Gasteiger partial charge in [-0.1, -0.05) is 42.3 Å². The third-order valence-electron chi connectivity index (χ3n) is 5.67. The average molecular weight is 543 g/mol. The minimum Gasteiger partial charge on any atom is -0.357 e. The van der Waals surface area contributed by atoms with Gasteiger partial charge in [0.15, 0.2) is 0 Å². The zero-order valence-electron chi connectivity index (χ0n) is 20.8. The van der Waals surface area contributed by atoms with Crippen molar-refractivity contribution in [1.82, 2.24) is 10.2 Å². The fraction of sp³-hybridized carbons (Fsp3) is 0.440. The lowest BCUT2D eigenvalue weighted by Crippen LogP contribution is -2.48. The van der Waals surface area contributed by atoms with Gasteiger partial charge in [0.25, 0.3) is 0 Å². The zero-order valence-corrected chi connectivity index (χ0v) is 23.1. The highest BCUT2D eigenvalue weighted by Crippen LogP contribution is 2.28. The highest BCUT2D eigenvalue weighted by molar-refractivity contribution is 7.92. The van der Waals surface area contributed by atoms with Crippen LogP contribution >= 0.6 is 23.2 Å². The van der Waals surface area contributed by atoms with Crippen molar-refractivity contribution in [2.75, 3.05) is 24.2 Å². The number of sulfonamides is 1. The van der Waals surface area contributed by atoms with E-state index in [1.165, 1.54) is 16.3 Å². The number of carbonyl (C=O) groups excluding carboxylic acids is 2. The van der Waals surface area contributed by atoms with Crippen LogP contribution in [0.25, 0.3) is 0 Å². The maximum absolute atomic E-state index is 13.4. The Bertz CT molecular complexity index is 1130. The summed E-state index contributed by atoms with van der Waals surface area (Å²) in [7, 11) is -2.04. The first-order valence-electron chi connectivity index (χ1n) is 11.4. The number of hydrogen-bond donors (Lipinski definition) is 1. The smallest absolute Gasteiger partial charge is 0.242 e. The van der Waals surface area contributed by atoms with E-state index in [1.54, 1.807) is 30.3 Å². The summed E-state index contributed by atoms with van der Waals surface area (Å²) in [6.07, 6.45) is 1.87. The van der Waals surface area contributed by atoms with Crippen LogP contribution in [-0.2, 0) is 26.2 Å². The maximum Gasteiger partial charge on any atom is 0.242 e. The molecule has 0 bridgehead atoms. The molecule has 7 nitrogen and oxygen atoms in total. The standard InChI is InChI=1S/C25H33Cl2N3O4S/c1-6-23(25(32)28-4)29(16-20-21(26)9-7-10-22(20)27)24(31)11-8-12-30(35(5,33)34)19-14-17(2)13-18(3)15-19/h7,9-10,13-15,23H,6,8,11-12,16H2,1-5H3,(H,28,32)/t23-/m1/s1. The number of rotatable bonds is 11. The molecule has 2 rings (SSSR count). The lowest BCUT2D eigenvalue weighted by atomic mass is 10.1. The molecule has 0 unspecified atom stereocenters. The highest BCUT2D eigenvalue weighted by atomic mass is 35.5. The number of anilines is 1. The van der Waals surface area contributed by atoms with E-state index in [1.807, 2.05) is 26.8 Å². The molecule has 0 saturated carbocycles. The van der Waals surface area contributed by atoms with Gasteiger partial charge in [0.1, 0.15) is 6.04 Å². The molecule has 0 saturated heterocycles. The Kier molecular flexibility index (Phi) is 10.4. The molecule has 1 N–H and O–H groups in total. The molecule has 192 valence electrons. The second-order valence-electron chi connectivity index (χ2n) is 8.54. The summed E-state index contributed by atoms with van der Waals surface area (Å²) in [6, 6.07) is 9.93. The Balaban J connectivity index is 2.27. The predicted molar refractivity (Wildman–Crippen MR) is 142 cm³/mol. The first kappa shape index (κ1) is 28.9. The van der Waals surface area contributed by atoms with Crippen molar-refractivity contribution in [3.8, 4) is 0 Å². The second-order valence-corrected chi connectivity index (χ2v) is 11.3. The van der Waals surface area contributed by atoms with Crippen molar-refractivity contribution in [2.24, 2.45) is 0 Å². The zero-order chi connectivity index (χ0) is 26.3. The van der Waals surface area contributed by atoms with Crippen LogP contribution < -0.4 is 9.62 Å². The largest absolute Gasteiger partial charge is 0.357 e. The Labute approximate surface area is 218 Å². The third-order valence-corrected chi connectivity index (χ3v) is 7.57. The summed E-state index contributed by atoms with van der Waals surface area (Å²) in [5, 5.41) is 3.41. The normalized spacial score (nSPS) is 12.2. The number of aryl methyl sites for hydroxylation is 2. The van der Waals surface area contributed by atoms with E-state index in [4.69, 9.17) is 23.2 Å². The van der Waals surface area contributed by atoms with Crippen molar-refractivity contribution in [3.05, 3.63) is 63.1 Å². The van der Waals surface area contributed by atoms with Crippen LogP contribution in [0, 0.1) is 13.8 Å². The Hall–Kier alpha value is -2.29. The summed E-state index contributed by atoms with van der Waals surface area (Å²) in [6.45, 7) is 5.82. The Morgan fingerprint density at radius 1 is 1.06 bits per heavy atom. The maximum atomic E-state index is 13.4. The highest BCUT2D eigenvalue weighted by Gasteiger charge is 2.29. The number of halogens is 2. The van der Waals surface area contributed by atoms with Crippen molar-refractivity contribution in [2.45, 2.75) is 52.6 Å². The van der Waals surface area contributed by atoms with Gasteiger partial charge in [0, 0.05) is 42.2 Å². The summed E-state index contributed by atoms with van der Waals surface area (Å²) in [5.41, 5.74) is 3.02. The monoisotopic (exact) mass is 541 g/mol. The predicted octanol–water partition coefficient (Wildman–Crippen LogP) is 4.71. The van der Waals surface area contributed by atoms with Gasteiger partial charge in [0.2, 0.25) is 21.8 Å². The van der Waals surface area contributed by atoms with Crippen molar-refractivity contribution in [1.29, 1.82) is 0 Å². The summed E-state index contributed by atoms with van der Waals surface area (Å²) in [4.78, 5) is 27.4. The molecule has 10 heteroatoms. The van der Waals surface area contributed by atoms with Gasteiger partial charge in [-0.05, 0) is 62.1 Å². The van der Waals surface area contributed by atoms with Crippen LogP contribution in [-0.4, -0.2) is 51.0 Å². The first-order chi connectivity index (χ1) is 16.4. The minimum atomic E-state index is -3.56. The van der Waals surface area contributed by atoms with Crippen molar-refractivity contribution in [3.63, 3.8) is 0 Å². The van der Waals surface area contributed by atoms with E-state index in [0.29, 0.717) is 27.7 Å². The van der Waals surface area contributed by atoms with Gasteiger partial charge in [-0.15, -0.1) is 0 Å². The van der Waals surface area contributed by atoms with Gasteiger partial charge in [0.05, 0.1) is 11.9 Å². The molecule has 0 aliphatic carbocycles. The molecule has 2 aromatic rings. The second kappa shape index (κ2) is 12.6. The van der Waals surface area contributed by atoms with Gasteiger partial charge in [-0.2, -0.15) is 0 Å². The molecule has 0 fully saturated rings. The molecular formula is C25H33Cl2N3O4S. The number of carbonyl (C=O) groups is 2. The lowest BCUT2D eigenvalue weighted by Gasteiger charge is -2.31. The first-order valence-corrected chi connectivity index (χ1v) is 14.0. The molecular weight excluding hydrogens is 509 g/mol. The third kappa shape index (κ3) is 7.85. The molecule has 0 aliphatic heterocycles. The number of hydrogen-bond acceptors (Lipinski definition) is 4. The molecule has 35 heavy (non-hydrogen) atoms. The fourth-order valence-electron chi connectivity index (χ4n) is 4.04. The van der Waals surface area contributed by atoms with Gasteiger partial charge in [-0.3, -0.25) is 13.9 Å². The molecule has 1 atom stereocenters. The Morgan fingerprint density at radius 3 is 2.11 bits per heavy atom. The number of nitrogens with zero attached hydrogens (tertiary/aromatic N) is 2. The topological polar surface area (TPSA) is 86.8 Å². The molecule has 0 spiro atoms. The molecule has 0 heterocycles. The van der Waals surface area contributed by atoms with Crippen LogP contribution in [0.1, 0.15) is 42.9 Å². The number of likely N-dealkylation sites (N-methyl/N-ethyl adjacent to an activating group) is 1. The number of nitrogens with one attached hydrogen (secondary N) is 1. The van der Waals surface area contributed by atoms with Crippen molar-refractivity contribution < 1.29 is 18.0 Å². The Morgan fingerprint density at radius 2 is 1.63 bits per heavy atom. The van der Waals surface area contributed by atoms with E-state index in [9.17, 15) is 18.0 Å². The fourth-order valence-corrected chi connectivity index (χ4v) is 5.50. The molecule has 2 amide bonds. The minimum absolute atomic E-state index is 0.0480. The van der Waals surface area contributed by atoms with Crippen LogP contribution in [0.4, 0.5) is 5.69 Å². The molecule has 0 aromatic heterocycles. The molecule has 2 aromatic carbocycles. The van der Waals surface area contributed by atoms with Gasteiger partial charge < -0.3 is 10.2 Å². The van der Waals surface area contributed by atoms with Crippen LogP contribution in [0.15, 0.2) is 36.4 Å².